The Labute approximate surface area is 102 Å². The molecule has 0 aliphatic carbocycles. The molecular formula is C11H10F2N2O3. The average molecular weight is 256 g/mol. The van der Waals surface area contributed by atoms with E-state index in [4.69, 9.17) is 14.7 Å². The van der Waals surface area contributed by atoms with Crippen molar-refractivity contribution in [2.45, 2.75) is 13.3 Å². The first kappa shape index (κ1) is 13.8. The van der Waals surface area contributed by atoms with Gasteiger partial charge in [0.05, 0.1) is 25.5 Å². The van der Waals surface area contributed by atoms with Gasteiger partial charge in [-0.15, -0.1) is 0 Å². The van der Waals surface area contributed by atoms with Gasteiger partial charge in [-0.05, 0) is 6.92 Å². The monoisotopic (exact) mass is 256 g/mol. The molecule has 0 amide bonds. The van der Waals surface area contributed by atoms with Gasteiger partial charge in [0.1, 0.15) is 17.3 Å². The van der Waals surface area contributed by atoms with Crippen LogP contribution in [0, 0.1) is 11.3 Å². The zero-order valence-corrected chi connectivity index (χ0v) is 9.74. The fourth-order valence-corrected chi connectivity index (χ4v) is 1.35. The Bertz CT molecular complexity index is 498. The highest BCUT2D eigenvalue weighted by atomic mass is 19.3. The number of pyridine rings is 1. The molecular weight excluding hydrogens is 246 g/mol. The van der Waals surface area contributed by atoms with Crippen molar-refractivity contribution in [3.8, 4) is 11.8 Å². The molecule has 0 fully saturated rings. The lowest BCUT2D eigenvalue weighted by Gasteiger charge is -2.11. The first-order valence-electron chi connectivity index (χ1n) is 4.99. The number of aromatic nitrogens is 1. The largest absolute Gasteiger partial charge is 0.494 e. The van der Waals surface area contributed by atoms with Crippen LogP contribution in [0.25, 0.3) is 0 Å². The number of hydrogen-bond donors (Lipinski definition) is 0. The molecule has 7 heteroatoms. The number of alkyl halides is 2. The maximum Gasteiger partial charge on any atom is 0.343 e. The van der Waals surface area contributed by atoms with Crippen LogP contribution in [-0.2, 0) is 4.74 Å². The lowest BCUT2D eigenvalue weighted by Crippen LogP contribution is -2.12. The van der Waals surface area contributed by atoms with E-state index < -0.39 is 23.7 Å². The molecule has 0 aliphatic heterocycles. The molecule has 0 radical (unpaired) electrons. The number of nitriles is 1. The van der Waals surface area contributed by atoms with E-state index in [1.165, 1.54) is 13.2 Å². The molecule has 96 valence electrons. The summed E-state index contributed by atoms with van der Waals surface area (Å²) in [5.74, 6) is -0.968. The Kier molecular flexibility index (Phi) is 4.54. The van der Waals surface area contributed by atoms with E-state index in [1.807, 2.05) is 0 Å². The van der Waals surface area contributed by atoms with Crippen molar-refractivity contribution in [2.75, 3.05) is 13.7 Å². The molecule has 0 unspecified atom stereocenters. The van der Waals surface area contributed by atoms with E-state index in [0.717, 1.165) is 6.20 Å². The smallest absolute Gasteiger partial charge is 0.343 e. The van der Waals surface area contributed by atoms with Gasteiger partial charge in [-0.1, -0.05) is 0 Å². The number of nitrogens with zero attached hydrogens (tertiary/aromatic N) is 2. The van der Waals surface area contributed by atoms with Crippen molar-refractivity contribution >= 4 is 5.97 Å². The highest BCUT2D eigenvalue weighted by Crippen LogP contribution is 2.29. The van der Waals surface area contributed by atoms with Crippen molar-refractivity contribution in [3.63, 3.8) is 0 Å². The van der Waals surface area contributed by atoms with E-state index in [1.54, 1.807) is 6.92 Å². The van der Waals surface area contributed by atoms with E-state index in [-0.39, 0.29) is 17.9 Å². The number of hydrogen-bond acceptors (Lipinski definition) is 5. The Hall–Kier alpha value is -2.23. The second-order valence-electron chi connectivity index (χ2n) is 3.09. The molecule has 18 heavy (non-hydrogen) atoms. The molecule has 0 atom stereocenters. The summed E-state index contributed by atoms with van der Waals surface area (Å²) in [7, 11) is 1.24. The third kappa shape index (κ3) is 2.53. The molecule has 1 aromatic rings. The van der Waals surface area contributed by atoms with E-state index in [0.29, 0.717) is 0 Å². The summed E-state index contributed by atoms with van der Waals surface area (Å²) in [4.78, 5) is 15.1. The molecule has 0 saturated carbocycles. The summed E-state index contributed by atoms with van der Waals surface area (Å²) in [6, 6.07) is 1.54. The lowest BCUT2D eigenvalue weighted by atomic mass is 10.1. The second kappa shape index (κ2) is 5.91. The number of ether oxygens (including phenoxy) is 2. The predicted molar refractivity (Wildman–Crippen MR) is 56.4 cm³/mol. The molecule has 0 aliphatic rings. The van der Waals surface area contributed by atoms with Gasteiger partial charge in [0.2, 0.25) is 0 Å². The van der Waals surface area contributed by atoms with Crippen molar-refractivity contribution in [3.05, 3.63) is 23.0 Å². The number of halogens is 2. The number of esters is 1. The number of carbonyl (C=O) groups excluding carboxylic acids is 1. The van der Waals surface area contributed by atoms with Gasteiger partial charge in [-0.3, -0.25) is 0 Å². The molecule has 0 saturated heterocycles. The molecule has 0 bridgehead atoms. The van der Waals surface area contributed by atoms with Crippen LogP contribution >= 0.6 is 0 Å². The highest BCUT2D eigenvalue weighted by molar-refractivity contribution is 5.95. The van der Waals surface area contributed by atoms with Gasteiger partial charge in [-0.2, -0.15) is 5.26 Å². The van der Waals surface area contributed by atoms with Gasteiger partial charge >= 0.3 is 5.97 Å². The second-order valence-corrected chi connectivity index (χ2v) is 3.09. The Morgan fingerprint density at radius 1 is 1.61 bits per heavy atom. The minimum Gasteiger partial charge on any atom is -0.494 e. The summed E-state index contributed by atoms with van der Waals surface area (Å²) in [5, 5.41) is 8.90. The molecule has 0 N–H and O–H groups in total. The van der Waals surface area contributed by atoms with Gasteiger partial charge in [0, 0.05) is 0 Å². The van der Waals surface area contributed by atoms with Crippen LogP contribution in [0.2, 0.25) is 0 Å². The third-order valence-corrected chi connectivity index (χ3v) is 2.09. The molecule has 1 rings (SSSR count). The van der Waals surface area contributed by atoms with Crippen LogP contribution in [-0.4, -0.2) is 24.7 Å². The maximum atomic E-state index is 12.7. The van der Waals surface area contributed by atoms with Crippen molar-refractivity contribution in [2.24, 2.45) is 0 Å². The third-order valence-electron chi connectivity index (χ3n) is 2.09. The van der Waals surface area contributed by atoms with Crippen LogP contribution in [0.3, 0.4) is 0 Å². The van der Waals surface area contributed by atoms with Crippen molar-refractivity contribution in [1.29, 1.82) is 5.26 Å². The minimum atomic E-state index is -2.96. The van der Waals surface area contributed by atoms with E-state index >= 15 is 0 Å². The fraction of sp³-hybridized carbons (Fsp3) is 0.364. The first-order valence-corrected chi connectivity index (χ1v) is 4.99. The molecule has 0 aromatic carbocycles. The summed E-state index contributed by atoms with van der Waals surface area (Å²) in [5.41, 5.74) is -1.61. The van der Waals surface area contributed by atoms with Crippen LogP contribution in [0.15, 0.2) is 6.20 Å². The quantitative estimate of drug-likeness (QED) is 0.771. The summed E-state index contributed by atoms with van der Waals surface area (Å²) in [6.45, 7) is 1.62. The number of carbonyl (C=O) groups is 1. The topological polar surface area (TPSA) is 72.2 Å². The van der Waals surface area contributed by atoms with Crippen molar-refractivity contribution < 1.29 is 23.0 Å². The Morgan fingerprint density at radius 2 is 2.28 bits per heavy atom. The molecule has 1 aromatic heterocycles. The SMILES string of the molecule is CCOC(=O)c1c(OC)cnc(C(F)F)c1C#N. The predicted octanol–water partition coefficient (Wildman–Crippen LogP) is 2.08. The molecule has 5 nitrogen and oxygen atoms in total. The first-order chi connectivity index (χ1) is 8.56. The Morgan fingerprint density at radius 3 is 2.72 bits per heavy atom. The van der Waals surface area contributed by atoms with Gasteiger partial charge < -0.3 is 9.47 Å². The van der Waals surface area contributed by atoms with Crippen LogP contribution in [0.4, 0.5) is 8.78 Å². The standard InChI is InChI=1S/C11H10F2N2O3/c1-3-18-11(16)8-6(4-14)9(10(12)13)15-5-7(8)17-2/h5,10H,3H2,1-2H3. The zero-order valence-electron chi connectivity index (χ0n) is 9.74. The van der Waals surface area contributed by atoms with Crippen molar-refractivity contribution in [1.82, 2.24) is 4.98 Å². The van der Waals surface area contributed by atoms with Gasteiger partial charge in [0.25, 0.3) is 6.43 Å². The Balaban J connectivity index is 3.48. The lowest BCUT2D eigenvalue weighted by molar-refractivity contribution is 0.0521. The highest BCUT2D eigenvalue weighted by Gasteiger charge is 2.26. The van der Waals surface area contributed by atoms with Crippen LogP contribution in [0.5, 0.6) is 5.75 Å². The average Bonchev–Trinajstić information content (AvgIpc) is 2.36. The number of methoxy groups -OCH3 is 1. The maximum absolute atomic E-state index is 12.7. The van der Waals surface area contributed by atoms with Crippen LogP contribution < -0.4 is 4.74 Å². The fourth-order valence-electron chi connectivity index (χ4n) is 1.35. The van der Waals surface area contributed by atoms with Gasteiger partial charge in [0.15, 0.2) is 5.75 Å². The normalized spacial score (nSPS) is 10.0. The minimum absolute atomic E-state index is 0.0548. The van der Waals surface area contributed by atoms with E-state index in [9.17, 15) is 13.6 Å². The summed E-state index contributed by atoms with van der Waals surface area (Å²) < 4.78 is 34.9. The molecule has 0 spiro atoms. The summed E-state index contributed by atoms with van der Waals surface area (Å²) >= 11 is 0. The van der Waals surface area contributed by atoms with Gasteiger partial charge in [-0.25, -0.2) is 18.6 Å². The zero-order chi connectivity index (χ0) is 13.7. The number of rotatable bonds is 4. The molecule has 1 heterocycles. The van der Waals surface area contributed by atoms with Crippen LogP contribution in [0.1, 0.15) is 35.0 Å². The van der Waals surface area contributed by atoms with E-state index in [2.05, 4.69) is 4.98 Å². The summed E-state index contributed by atoms with van der Waals surface area (Å²) in [6.07, 6.45) is -1.99.